The molecule has 17 heavy (non-hydrogen) atoms. The summed E-state index contributed by atoms with van der Waals surface area (Å²) in [6.45, 7) is 7.70. The average molecular weight is 251 g/mol. The maximum absolute atomic E-state index is 3.44. The minimum Gasteiger partial charge on any atom is -0.260 e. The summed E-state index contributed by atoms with van der Waals surface area (Å²) in [5.41, 5.74) is 2.74. The highest BCUT2D eigenvalue weighted by atomic mass is 32.2. The van der Waals surface area contributed by atoms with Crippen molar-refractivity contribution < 1.29 is 0 Å². The molecule has 0 aliphatic rings. The van der Waals surface area contributed by atoms with Crippen LogP contribution in [-0.4, -0.2) is 6.54 Å². The third-order valence-corrected chi connectivity index (χ3v) is 3.89. The summed E-state index contributed by atoms with van der Waals surface area (Å²) in [5, 5.41) is 0. The van der Waals surface area contributed by atoms with Gasteiger partial charge >= 0.3 is 0 Å². The topological polar surface area (TPSA) is 12.0 Å². The van der Waals surface area contributed by atoms with E-state index in [4.69, 9.17) is 0 Å². The van der Waals surface area contributed by atoms with E-state index in [1.807, 2.05) is 0 Å². The van der Waals surface area contributed by atoms with Gasteiger partial charge in [-0.05, 0) is 55.5 Å². The Morgan fingerprint density at radius 2 is 1.76 bits per heavy atom. The summed E-state index contributed by atoms with van der Waals surface area (Å²) in [7, 11) is 0. The fourth-order valence-corrected chi connectivity index (χ4v) is 2.50. The number of unbranched alkanes of at least 4 members (excludes halogenated alkanes) is 4. The summed E-state index contributed by atoms with van der Waals surface area (Å²) in [5.74, 6) is 0. The van der Waals surface area contributed by atoms with E-state index >= 15 is 0 Å². The van der Waals surface area contributed by atoms with E-state index < -0.39 is 0 Å². The highest BCUT2D eigenvalue weighted by Crippen LogP contribution is 2.18. The van der Waals surface area contributed by atoms with Gasteiger partial charge in [0.05, 0.1) is 0 Å². The molecule has 1 nitrogen and oxygen atoms in total. The SMILES string of the molecule is CCCCCCCNSc1ccc(C)c(C)c1. The summed E-state index contributed by atoms with van der Waals surface area (Å²) in [6.07, 6.45) is 6.73. The minimum absolute atomic E-state index is 1.11. The van der Waals surface area contributed by atoms with Crippen molar-refractivity contribution in [1.82, 2.24) is 4.72 Å². The molecule has 1 aromatic rings. The number of benzene rings is 1. The molecule has 0 fully saturated rings. The summed E-state index contributed by atoms with van der Waals surface area (Å²) in [4.78, 5) is 1.32. The molecule has 1 N–H and O–H groups in total. The fraction of sp³-hybridized carbons (Fsp3) is 0.600. The molecular weight excluding hydrogens is 226 g/mol. The van der Waals surface area contributed by atoms with E-state index in [9.17, 15) is 0 Å². The zero-order valence-corrected chi connectivity index (χ0v) is 12.2. The van der Waals surface area contributed by atoms with E-state index in [1.54, 1.807) is 11.9 Å². The van der Waals surface area contributed by atoms with Crippen molar-refractivity contribution in [3.05, 3.63) is 29.3 Å². The zero-order chi connectivity index (χ0) is 12.5. The van der Waals surface area contributed by atoms with Crippen LogP contribution >= 0.6 is 11.9 Å². The molecule has 1 rings (SSSR count). The normalized spacial score (nSPS) is 10.8. The number of hydrogen-bond donors (Lipinski definition) is 1. The second-order valence-electron chi connectivity index (χ2n) is 4.66. The Hall–Kier alpha value is -0.470. The van der Waals surface area contributed by atoms with Gasteiger partial charge < -0.3 is 0 Å². The van der Waals surface area contributed by atoms with Crippen LogP contribution < -0.4 is 4.72 Å². The van der Waals surface area contributed by atoms with Crippen molar-refractivity contribution in [1.29, 1.82) is 0 Å². The van der Waals surface area contributed by atoms with Crippen LogP contribution in [0.5, 0.6) is 0 Å². The molecule has 0 aromatic heterocycles. The summed E-state index contributed by atoms with van der Waals surface area (Å²) >= 11 is 1.76. The van der Waals surface area contributed by atoms with Gasteiger partial charge in [0.15, 0.2) is 0 Å². The molecule has 0 heterocycles. The number of rotatable bonds is 8. The molecule has 0 saturated heterocycles. The van der Waals surface area contributed by atoms with E-state index in [0.717, 1.165) is 6.54 Å². The van der Waals surface area contributed by atoms with Gasteiger partial charge in [0.1, 0.15) is 0 Å². The lowest BCUT2D eigenvalue weighted by molar-refractivity contribution is 0.630. The monoisotopic (exact) mass is 251 g/mol. The quantitative estimate of drug-likeness (QED) is 0.522. The number of hydrogen-bond acceptors (Lipinski definition) is 2. The first-order valence-corrected chi connectivity index (χ1v) is 7.52. The summed E-state index contributed by atoms with van der Waals surface area (Å²) < 4.78 is 3.44. The van der Waals surface area contributed by atoms with Gasteiger partial charge in [-0.2, -0.15) is 0 Å². The first-order chi connectivity index (χ1) is 8.24. The van der Waals surface area contributed by atoms with E-state index in [2.05, 4.69) is 43.7 Å². The first-order valence-electron chi connectivity index (χ1n) is 6.71. The van der Waals surface area contributed by atoms with Crippen molar-refractivity contribution in [2.75, 3.05) is 6.54 Å². The van der Waals surface area contributed by atoms with Crippen molar-refractivity contribution in [2.45, 2.75) is 57.8 Å². The van der Waals surface area contributed by atoms with Crippen LogP contribution in [0.25, 0.3) is 0 Å². The Balaban J connectivity index is 2.11. The van der Waals surface area contributed by atoms with Gasteiger partial charge in [0, 0.05) is 11.4 Å². The molecule has 0 amide bonds. The lowest BCUT2D eigenvalue weighted by Crippen LogP contribution is -2.05. The Bertz CT molecular complexity index is 323. The molecule has 0 saturated carbocycles. The molecule has 0 spiro atoms. The molecule has 96 valence electrons. The number of nitrogens with one attached hydrogen (secondary N) is 1. The van der Waals surface area contributed by atoms with Crippen molar-refractivity contribution in [3.63, 3.8) is 0 Å². The molecular formula is C15H25NS. The lowest BCUT2D eigenvalue weighted by atomic mass is 10.1. The van der Waals surface area contributed by atoms with E-state index in [-0.39, 0.29) is 0 Å². The zero-order valence-electron chi connectivity index (χ0n) is 11.4. The second kappa shape index (κ2) is 8.60. The fourth-order valence-electron chi connectivity index (χ4n) is 1.71. The minimum atomic E-state index is 1.11. The van der Waals surface area contributed by atoms with Crippen LogP contribution in [-0.2, 0) is 0 Å². The molecule has 0 bridgehead atoms. The van der Waals surface area contributed by atoms with Gasteiger partial charge in [-0.15, -0.1) is 0 Å². The molecule has 2 heteroatoms. The highest BCUT2D eigenvalue weighted by Gasteiger charge is 1.97. The molecule has 1 aromatic carbocycles. The van der Waals surface area contributed by atoms with Gasteiger partial charge in [0.2, 0.25) is 0 Å². The Morgan fingerprint density at radius 1 is 1.00 bits per heavy atom. The van der Waals surface area contributed by atoms with Crippen molar-refractivity contribution >= 4 is 11.9 Å². The van der Waals surface area contributed by atoms with Crippen LogP contribution in [0.1, 0.15) is 50.2 Å². The predicted octanol–water partition coefficient (Wildman–Crippen LogP) is 4.87. The van der Waals surface area contributed by atoms with Gasteiger partial charge in [-0.25, -0.2) is 0 Å². The van der Waals surface area contributed by atoms with Gasteiger partial charge in [-0.1, -0.05) is 38.7 Å². The van der Waals surface area contributed by atoms with Crippen LogP contribution in [0.15, 0.2) is 23.1 Å². The van der Waals surface area contributed by atoms with Crippen LogP contribution in [0, 0.1) is 13.8 Å². The maximum atomic E-state index is 3.44. The Morgan fingerprint density at radius 3 is 2.47 bits per heavy atom. The molecule has 0 atom stereocenters. The number of aryl methyl sites for hydroxylation is 2. The third-order valence-electron chi connectivity index (χ3n) is 3.05. The van der Waals surface area contributed by atoms with Crippen LogP contribution in [0.2, 0.25) is 0 Å². The Labute approximate surface area is 111 Å². The second-order valence-corrected chi connectivity index (χ2v) is 5.62. The van der Waals surface area contributed by atoms with Crippen LogP contribution in [0.3, 0.4) is 0 Å². The van der Waals surface area contributed by atoms with E-state index in [1.165, 1.54) is 48.1 Å². The average Bonchev–Trinajstić information content (AvgIpc) is 2.32. The smallest absolute Gasteiger partial charge is 0.0230 e. The first kappa shape index (κ1) is 14.6. The van der Waals surface area contributed by atoms with E-state index in [0.29, 0.717) is 0 Å². The predicted molar refractivity (Wildman–Crippen MR) is 78.5 cm³/mol. The molecule has 0 unspecified atom stereocenters. The highest BCUT2D eigenvalue weighted by molar-refractivity contribution is 7.97. The van der Waals surface area contributed by atoms with Gasteiger partial charge in [-0.3, -0.25) is 4.72 Å². The van der Waals surface area contributed by atoms with Crippen molar-refractivity contribution in [3.8, 4) is 0 Å². The lowest BCUT2D eigenvalue weighted by Gasteiger charge is -2.06. The summed E-state index contributed by atoms with van der Waals surface area (Å²) in [6, 6.07) is 6.64. The van der Waals surface area contributed by atoms with Crippen LogP contribution in [0.4, 0.5) is 0 Å². The Kier molecular flexibility index (Phi) is 7.38. The molecule has 0 aliphatic heterocycles. The maximum Gasteiger partial charge on any atom is 0.0230 e. The van der Waals surface area contributed by atoms with Crippen molar-refractivity contribution in [2.24, 2.45) is 0 Å². The molecule has 0 radical (unpaired) electrons. The third kappa shape index (κ3) is 6.13. The molecule has 0 aliphatic carbocycles. The largest absolute Gasteiger partial charge is 0.260 e. The van der Waals surface area contributed by atoms with Gasteiger partial charge in [0.25, 0.3) is 0 Å². The standard InChI is InChI=1S/C15H25NS/c1-4-5-6-7-8-11-16-17-15-10-9-13(2)14(3)12-15/h9-10,12,16H,4-8,11H2,1-3H3.